The number of nitrogens with one attached hydrogen (secondary N) is 1. The fourth-order valence-electron chi connectivity index (χ4n) is 2.78. The van der Waals surface area contributed by atoms with Gasteiger partial charge in [0.15, 0.2) is 0 Å². The molecule has 0 bridgehead atoms. The molecule has 0 unspecified atom stereocenters. The Hall–Kier alpha value is -2.62. The number of hydrogen-bond acceptors (Lipinski definition) is 3. The fourth-order valence-corrected chi connectivity index (χ4v) is 2.78. The van der Waals surface area contributed by atoms with Gasteiger partial charge >= 0.3 is 0 Å². The summed E-state index contributed by atoms with van der Waals surface area (Å²) < 4.78 is 0. The Kier molecular flexibility index (Phi) is 4.71. The molecular weight excluding hydrogens is 286 g/mol. The average molecular weight is 307 g/mol. The third kappa shape index (κ3) is 3.97. The SMILES string of the molecule is Cc1cccc(/C=N\NC(=O)c2ccc(N3CCCC3)cc2)c1. The van der Waals surface area contributed by atoms with Crippen molar-refractivity contribution in [2.24, 2.45) is 5.10 Å². The van der Waals surface area contributed by atoms with Crippen LogP contribution in [0.1, 0.15) is 34.3 Å². The van der Waals surface area contributed by atoms with Gasteiger partial charge in [0.1, 0.15) is 0 Å². The molecule has 0 aliphatic carbocycles. The van der Waals surface area contributed by atoms with Gasteiger partial charge in [-0.2, -0.15) is 5.10 Å². The maximum Gasteiger partial charge on any atom is 0.271 e. The van der Waals surface area contributed by atoms with E-state index in [0.29, 0.717) is 5.56 Å². The van der Waals surface area contributed by atoms with E-state index in [4.69, 9.17) is 0 Å². The van der Waals surface area contributed by atoms with Crippen LogP contribution in [0.4, 0.5) is 5.69 Å². The zero-order valence-electron chi connectivity index (χ0n) is 13.3. The number of hydrazone groups is 1. The molecule has 1 N–H and O–H groups in total. The Morgan fingerprint density at radius 3 is 2.57 bits per heavy atom. The summed E-state index contributed by atoms with van der Waals surface area (Å²) in [5.74, 6) is -0.193. The van der Waals surface area contributed by atoms with Gasteiger partial charge in [-0.3, -0.25) is 4.79 Å². The number of nitrogens with zero attached hydrogens (tertiary/aromatic N) is 2. The topological polar surface area (TPSA) is 44.7 Å². The Morgan fingerprint density at radius 1 is 1.13 bits per heavy atom. The second-order valence-corrected chi connectivity index (χ2v) is 5.85. The molecule has 1 saturated heterocycles. The van der Waals surface area contributed by atoms with E-state index in [1.54, 1.807) is 6.21 Å². The van der Waals surface area contributed by atoms with Crippen LogP contribution in [0.15, 0.2) is 53.6 Å². The first-order valence-electron chi connectivity index (χ1n) is 7.97. The first-order valence-corrected chi connectivity index (χ1v) is 7.97. The zero-order chi connectivity index (χ0) is 16.1. The summed E-state index contributed by atoms with van der Waals surface area (Å²) in [6.07, 6.45) is 4.15. The molecule has 1 aliphatic rings. The van der Waals surface area contributed by atoms with Crippen molar-refractivity contribution in [2.75, 3.05) is 18.0 Å². The van der Waals surface area contributed by atoms with Crippen LogP contribution in [0.5, 0.6) is 0 Å². The van der Waals surface area contributed by atoms with Crippen LogP contribution in [0, 0.1) is 6.92 Å². The van der Waals surface area contributed by atoms with Crippen molar-refractivity contribution in [3.8, 4) is 0 Å². The van der Waals surface area contributed by atoms with E-state index < -0.39 is 0 Å². The van der Waals surface area contributed by atoms with E-state index in [1.807, 2.05) is 55.5 Å². The molecule has 1 aliphatic heterocycles. The Bertz CT molecular complexity index is 701. The molecule has 1 heterocycles. The molecule has 4 heteroatoms. The number of benzene rings is 2. The Labute approximate surface area is 136 Å². The Balaban J connectivity index is 1.59. The summed E-state index contributed by atoms with van der Waals surface area (Å²) >= 11 is 0. The van der Waals surface area contributed by atoms with Crippen LogP contribution in [0.25, 0.3) is 0 Å². The fraction of sp³-hybridized carbons (Fsp3) is 0.263. The number of aryl methyl sites for hydroxylation is 1. The summed E-state index contributed by atoms with van der Waals surface area (Å²) in [4.78, 5) is 14.4. The highest BCUT2D eigenvalue weighted by Gasteiger charge is 2.12. The maximum absolute atomic E-state index is 12.1. The average Bonchev–Trinajstić information content (AvgIpc) is 3.09. The highest BCUT2D eigenvalue weighted by atomic mass is 16.2. The van der Waals surface area contributed by atoms with Crippen LogP contribution < -0.4 is 10.3 Å². The van der Waals surface area contributed by atoms with Gasteiger partial charge in [-0.25, -0.2) is 5.43 Å². The van der Waals surface area contributed by atoms with Gasteiger partial charge in [-0.1, -0.05) is 29.8 Å². The zero-order valence-corrected chi connectivity index (χ0v) is 13.3. The third-order valence-electron chi connectivity index (χ3n) is 4.02. The molecule has 2 aromatic carbocycles. The van der Waals surface area contributed by atoms with Gasteiger partial charge in [-0.15, -0.1) is 0 Å². The molecular formula is C19H21N3O. The van der Waals surface area contributed by atoms with E-state index in [1.165, 1.54) is 18.5 Å². The monoisotopic (exact) mass is 307 g/mol. The lowest BCUT2D eigenvalue weighted by Gasteiger charge is -2.17. The molecule has 0 aromatic heterocycles. The van der Waals surface area contributed by atoms with Crippen LogP contribution >= 0.6 is 0 Å². The van der Waals surface area contributed by atoms with Crippen molar-refractivity contribution in [3.63, 3.8) is 0 Å². The Morgan fingerprint density at radius 2 is 1.87 bits per heavy atom. The van der Waals surface area contributed by atoms with Crippen molar-refractivity contribution in [1.82, 2.24) is 5.43 Å². The van der Waals surface area contributed by atoms with E-state index in [2.05, 4.69) is 15.4 Å². The van der Waals surface area contributed by atoms with Gasteiger partial charge in [0.05, 0.1) is 6.21 Å². The van der Waals surface area contributed by atoms with Crippen molar-refractivity contribution in [2.45, 2.75) is 19.8 Å². The van der Waals surface area contributed by atoms with Gasteiger partial charge < -0.3 is 4.90 Å². The molecule has 118 valence electrons. The summed E-state index contributed by atoms with van der Waals surface area (Å²) in [5.41, 5.74) is 6.51. The van der Waals surface area contributed by atoms with Crippen molar-refractivity contribution < 1.29 is 4.79 Å². The van der Waals surface area contributed by atoms with Crippen molar-refractivity contribution >= 4 is 17.8 Å². The minimum absolute atomic E-state index is 0.193. The predicted octanol–water partition coefficient (Wildman–Crippen LogP) is 3.36. The standard InChI is InChI=1S/C19H21N3O/c1-15-5-4-6-16(13-15)14-20-21-19(23)17-7-9-18(10-8-17)22-11-2-3-12-22/h4-10,13-14H,2-3,11-12H2,1H3,(H,21,23)/b20-14-. The lowest BCUT2D eigenvalue weighted by molar-refractivity contribution is 0.0955. The highest BCUT2D eigenvalue weighted by molar-refractivity contribution is 5.95. The first kappa shape index (κ1) is 15.3. The normalized spacial score (nSPS) is 14.4. The molecule has 0 saturated carbocycles. The van der Waals surface area contributed by atoms with Crippen molar-refractivity contribution in [1.29, 1.82) is 0 Å². The van der Waals surface area contributed by atoms with Crippen LogP contribution in [0.2, 0.25) is 0 Å². The minimum Gasteiger partial charge on any atom is -0.372 e. The lowest BCUT2D eigenvalue weighted by Crippen LogP contribution is -2.19. The maximum atomic E-state index is 12.1. The molecule has 1 fully saturated rings. The molecule has 3 rings (SSSR count). The summed E-state index contributed by atoms with van der Waals surface area (Å²) in [6, 6.07) is 15.7. The molecule has 1 amide bonds. The number of anilines is 1. The number of rotatable bonds is 4. The smallest absolute Gasteiger partial charge is 0.271 e. The summed E-state index contributed by atoms with van der Waals surface area (Å²) in [5, 5.41) is 4.02. The van der Waals surface area contributed by atoms with E-state index in [0.717, 1.165) is 24.2 Å². The number of carbonyl (C=O) groups is 1. The third-order valence-corrected chi connectivity index (χ3v) is 4.02. The summed E-state index contributed by atoms with van der Waals surface area (Å²) in [7, 11) is 0. The second-order valence-electron chi connectivity index (χ2n) is 5.85. The van der Waals surface area contributed by atoms with Gasteiger partial charge in [-0.05, 0) is 49.6 Å². The van der Waals surface area contributed by atoms with E-state index in [9.17, 15) is 4.79 Å². The molecule has 2 aromatic rings. The molecule has 0 atom stereocenters. The predicted molar refractivity (Wildman–Crippen MR) is 94.1 cm³/mol. The molecule has 23 heavy (non-hydrogen) atoms. The lowest BCUT2D eigenvalue weighted by atomic mass is 10.2. The number of carbonyl (C=O) groups excluding carboxylic acids is 1. The minimum atomic E-state index is -0.193. The molecule has 0 spiro atoms. The van der Waals surface area contributed by atoms with E-state index in [-0.39, 0.29) is 5.91 Å². The highest BCUT2D eigenvalue weighted by Crippen LogP contribution is 2.20. The summed E-state index contributed by atoms with van der Waals surface area (Å²) in [6.45, 7) is 4.23. The number of hydrogen-bond donors (Lipinski definition) is 1. The van der Waals surface area contributed by atoms with Crippen LogP contribution in [-0.2, 0) is 0 Å². The van der Waals surface area contributed by atoms with Crippen molar-refractivity contribution in [3.05, 3.63) is 65.2 Å². The van der Waals surface area contributed by atoms with Gasteiger partial charge in [0.2, 0.25) is 0 Å². The first-order chi connectivity index (χ1) is 11.2. The molecule has 0 radical (unpaired) electrons. The molecule has 4 nitrogen and oxygen atoms in total. The van der Waals surface area contributed by atoms with E-state index >= 15 is 0 Å². The van der Waals surface area contributed by atoms with Crippen LogP contribution in [-0.4, -0.2) is 25.2 Å². The second kappa shape index (κ2) is 7.09. The number of amides is 1. The largest absolute Gasteiger partial charge is 0.372 e. The van der Waals surface area contributed by atoms with Gasteiger partial charge in [0.25, 0.3) is 5.91 Å². The van der Waals surface area contributed by atoms with Gasteiger partial charge in [0, 0.05) is 24.3 Å². The quantitative estimate of drug-likeness (QED) is 0.695. The van der Waals surface area contributed by atoms with Crippen LogP contribution in [0.3, 0.4) is 0 Å².